The summed E-state index contributed by atoms with van der Waals surface area (Å²) in [5, 5.41) is 0. The normalized spacial score (nSPS) is 14.8. The molecule has 0 N–H and O–H groups in total. The van der Waals surface area contributed by atoms with Crippen molar-refractivity contribution < 1.29 is 4.57 Å². The van der Waals surface area contributed by atoms with Crippen LogP contribution in [-0.2, 0) is 19.9 Å². The molecule has 0 unspecified atom stereocenters. The van der Waals surface area contributed by atoms with Crippen LogP contribution in [0.25, 0.3) is 11.3 Å². The van der Waals surface area contributed by atoms with Gasteiger partial charge in [0, 0.05) is 12.1 Å². The lowest BCUT2D eigenvalue weighted by molar-refractivity contribution is -0.660. The van der Waals surface area contributed by atoms with Gasteiger partial charge in [-0.3, -0.25) is 0 Å². The van der Waals surface area contributed by atoms with Gasteiger partial charge >= 0.3 is 0 Å². The van der Waals surface area contributed by atoms with Crippen LogP contribution in [0, 0.1) is 6.92 Å². The Hall–Kier alpha value is -1.63. The van der Waals surface area contributed by atoms with Crippen LogP contribution >= 0.6 is 0 Å². The van der Waals surface area contributed by atoms with Gasteiger partial charge in [0.1, 0.15) is 7.05 Å². The summed E-state index contributed by atoms with van der Waals surface area (Å²) in [6.45, 7) is 2.24. The number of nitrogens with zero attached hydrogens (tertiary/aromatic N) is 1. The molecule has 0 fully saturated rings. The van der Waals surface area contributed by atoms with Crippen molar-refractivity contribution in [2.75, 3.05) is 0 Å². The first-order chi connectivity index (χ1) is 9.27. The molecule has 0 atom stereocenters. The van der Waals surface area contributed by atoms with Gasteiger partial charge in [0.2, 0.25) is 5.69 Å². The minimum absolute atomic E-state index is 1.24. The van der Waals surface area contributed by atoms with E-state index in [1.54, 1.807) is 11.1 Å². The molecule has 3 rings (SSSR count). The van der Waals surface area contributed by atoms with Crippen LogP contribution in [0.3, 0.4) is 0 Å². The highest BCUT2D eigenvalue weighted by molar-refractivity contribution is 5.67. The van der Waals surface area contributed by atoms with Gasteiger partial charge in [-0.2, -0.15) is 0 Å². The minimum Gasteiger partial charge on any atom is -0.201 e. The molecule has 0 spiro atoms. The fourth-order valence-electron chi connectivity index (χ4n) is 3.26. The number of aryl methyl sites for hydroxylation is 3. The molecule has 1 heteroatoms. The van der Waals surface area contributed by atoms with E-state index >= 15 is 0 Å². The first-order valence-corrected chi connectivity index (χ1v) is 7.34. The van der Waals surface area contributed by atoms with Gasteiger partial charge in [0.05, 0.1) is 5.56 Å². The van der Waals surface area contributed by atoms with Crippen molar-refractivity contribution in [3.05, 3.63) is 53.2 Å². The summed E-state index contributed by atoms with van der Waals surface area (Å²) < 4.78 is 2.24. The van der Waals surface area contributed by atoms with E-state index in [2.05, 4.69) is 55.1 Å². The fourth-order valence-corrected chi connectivity index (χ4v) is 3.26. The largest absolute Gasteiger partial charge is 0.212 e. The van der Waals surface area contributed by atoms with Crippen molar-refractivity contribution in [3.63, 3.8) is 0 Å². The lowest BCUT2D eigenvalue weighted by atomic mass is 9.91. The second-order valence-electron chi connectivity index (χ2n) is 5.65. The molecule has 0 saturated carbocycles. The quantitative estimate of drug-likeness (QED) is 0.537. The second kappa shape index (κ2) is 5.16. The number of pyridine rings is 1. The lowest BCUT2D eigenvalue weighted by Crippen LogP contribution is -2.30. The molecule has 0 saturated heterocycles. The summed E-state index contributed by atoms with van der Waals surface area (Å²) in [4.78, 5) is 0. The summed E-state index contributed by atoms with van der Waals surface area (Å²) in [6.07, 6.45) is 8.68. The van der Waals surface area contributed by atoms with E-state index in [9.17, 15) is 0 Å². The monoisotopic (exact) mass is 252 g/mol. The molecule has 0 aliphatic heterocycles. The SMILES string of the molecule is Cc1ccc2c(c1-c1cccc[n+]1C)CCCCC2. The maximum Gasteiger partial charge on any atom is 0.212 e. The minimum atomic E-state index is 1.24. The van der Waals surface area contributed by atoms with Gasteiger partial charge in [0.25, 0.3) is 0 Å². The highest BCUT2D eigenvalue weighted by Gasteiger charge is 2.20. The highest BCUT2D eigenvalue weighted by atomic mass is 14.9. The zero-order chi connectivity index (χ0) is 13.2. The van der Waals surface area contributed by atoms with Gasteiger partial charge in [0.15, 0.2) is 6.20 Å². The van der Waals surface area contributed by atoms with Crippen LogP contribution in [-0.4, -0.2) is 0 Å². The number of fused-ring (bicyclic) bond motifs is 1. The van der Waals surface area contributed by atoms with Crippen LogP contribution in [0.4, 0.5) is 0 Å². The van der Waals surface area contributed by atoms with Crippen LogP contribution < -0.4 is 4.57 Å². The Morgan fingerprint density at radius 1 is 0.947 bits per heavy atom. The summed E-state index contributed by atoms with van der Waals surface area (Å²) >= 11 is 0. The molecule has 1 aliphatic carbocycles. The standard InChI is InChI=1S/C18H22N/c1-14-11-12-15-8-4-3-5-9-16(15)18(14)17-10-6-7-13-19(17)2/h6-7,10-13H,3-5,8-9H2,1-2H3/q+1. The van der Waals surface area contributed by atoms with Crippen LogP contribution in [0.15, 0.2) is 36.5 Å². The lowest BCUT2D eigenvalue weighted by Gasteiger charge is -2.14. The van der Waals surface area contributed by atoms with Gasteiger partial charge in [-0.1, -0.05) is 18.6 Å². The Balaban J connectivity index is 2.23. The molecule has 1 aromatic carbocycles. The molecule has 1 heterocycles. The fraction of sp³-hybridized carbons (Fsp3) is 0.389. The third-order valence-electron chi connectivity index (χ3n) is 4.30. The maximum absolute atomic E-state index is 2.35. The van der Waals surface area contributed by atoms with E-state index in [1.807, 2.05) is 0 Å². The Bertz CT molecular complexity index is 599. The third-order valence-corrected chi connectivity index (χ3v) is 4.30. The van der Waals surface area contributed by atoms with E-state index < -0.39 is 0 Å². The molecule has 2 aromatic rings. The second-order valence-corrected chi connectivity index (χ2v) is 5.65. The topological polar surface area (TPSA) is 3.88 Å². The predicted molar refractivity (Wildman–Crippen MR) is 79.1 cm³/mol. The van der Waals surface area contributed by atoms with Crippen molar-refractivity contribution in [3.8, 4) is 11.3 Å². The summed E-state index contributed by atoms with van der Waals surface area (Å²) in [7, 11) is 2.14. The van der Waals surface area contributed by atoms with Crippen LogP contribution in [0.2, 0.25) is 0 Å². The number of benzene rings is 1. The number of hydrogen-bond acceptors (Lipinski definition) is 0. The Morgan fingerprint density at radius 3 is 2.63 bits per heavy atom. The zero-order valence-corrected chi connectivity index (χ0v) is 11.9. The molecule has 1 nitrogen and oxygen atoms in total. The Labute approximate surface area is 115 Å². The highest BCUT2D eigenvalue weighted by Crippen LogP contribution is 2.32. The number of aromatic nitrogens is 1. The smallest absolute Gasteiger partial charge is 0.201 e. The number of rotatable bonds is 1. The van der Waals surface area contributed by atoms with E-state index in [0.29, 0.717) is 0 Å². The molecule has 1 aliphatic rings. The van der Waals surface area contributed by atoms with Crippen LogP contribution in [0.5, 0.6) is 0 Å². The first-order valence-electron chi connectivity index (χ1n) is 7.34. The maximum atomic E-state index is 2.35. The van der Waals surface area contributed by atoms with E-state index in [1.165, 1.54) is 48.9 Å². The predicted octanol–water partition coefficient (Wildman–Crippen LogP) is 3.76. The zero-order valence-electron chi connectivity index (χ0n) is 11.9. The number of hydrogen-bond donors (Lipinski definition) is 0. The van der Waals surface area contributed by atoms with Gasteiger partial charge in [-0.05, 0) is 55.4 Å². The van der Waals surface area contributed by atoms with E-state index in [-0.39, 0.29) is 0 Å². The van der Waals surface area contributed by atoms with Crippen molar-refractivity contribution in [2.45, 2.75) is 39.0 Å². The molecule has 0 bridgehead atoms. The summed E-state index contributed by atoms with van der Waals surface area (Å²) in [6, 6.07) is 11.1. The average Bonchev–Trinajstić information content (AvgIpc) is 2.65. The van der Waals surface area contributed by atoms with Crippen molar-refractivity contribution in [2.24, 2.45) is 7.05 Å². The van der Waals surface area contributed by atoms with Crippen molar-refractivity contribution in [1.29, 1.82) is 0 Å². The Morgan fingerprint density at radius 2 is 1.79 bits per heavy atom. The molecule has 1 aromatic heterocycles. The first kappa shape index (κ1) is 12.4. The Kier molecular flexibility index (Phi) is 3.37. The molecular weight excluding hydrogens is 230 g/mol. The van der Waals surface area contributed by atoms with Gasteiger partial charge < -0.3 is 0 Å². The van der Waals surface area contributed by atoms with Gasteiger partial charge in [-0.25, -0.2) is 4.57 Å². The molecule has 19 heavy (non-hydrogen) atoms. The third kappa shape index (κ3) is 2.30. The van der Waals surface area contributed by atoms with Crippen molar-refractivity contribution >= 4 is 0 Å². The van der Waals surface area contributed by atoms with Crippen LogP contribution in [0.1, 0.15) is 36.0 Å². The molecule has 0 amide bonds. The summed E-state index contributed by atoms with van der Waals surface area (Å²) in [5.74, 6) is 0. The van der Waals surface area contributed by atoms with E-state index in [0.717, 1.165) is 0 Å². The van der Waals surface area contributed by atoms with E-state index in [4.69, 9.17) is 0 Å². The van der Waals surface area contributed by atoms with Gasteiger partial charge in [-0.15, -0.1) is 0 Å². The molecular formula is C18H22N+. The molecule has 98 valence electrons. The average molecular weight is 252 g/mol. The summed E-state index contributed by atoms with van der Waals surface area (Å²) in [5.41, 5.74) is 7.39. The van der Waals surface area contributed by atoms with Crippen molar-refractivity contribution in [1.82, 2.24) is 0 Å². The molecule has 0 radical (unpaired) electrons.